The maximum atomic E-state index is 12.2. The minimum absolute atomic E-state index is 0.332. The van der Waals surface area contributed by atoms with Gasteiger partial charge in [0.2, 0.25) is 0 Å². The van der Waals surface area contributed by atoms with Crippen molar-refractivity contribution in [2.24, 2.45) is 0 Å². The van der Waals surface area contributed by atoms with Crippen molar-refractivity contribution in [1.29, 1.82) is 0 Å². The molecular weight excluding hydrogens is 314 g/mol. The molecule has 5 nitrogen and oxygen atoms in total. The standard InChI is InChI=1S/C17H17NO4S/c19-16-9-11-22-17-14(16)7-4-8-15(17)18-23(20,21)12-10-13-5-2-1-3-6-13/h1-8,10,12,16,18-19H,9,11H2/b12-10+. The average Bonchev–Trinajstić information content (AvgIpc) is 2.55. The summed E-state index contributed by atoms with van der Waals surface area (Å²) in [5.41, 5.74) is 1.72. The highest BCUT2D eigenvalue weighted by molar-refractivity contribution is 7.95. The summed E-state index contributed by atoms with van der Waals surface area (Å²) in [6.45, 7) is 0.354. The summed E-state index contributed by atoms with van der Waals surface area (Å²) >= 11 is 0. The number of benzene rings is 2. The normalized spacial score (nSPS) is 17.5. The molecule has 1 heterocycles. The number of hydrogen-bond acceptors (Lipinski definition) is 4. The summed E-state index contributed by atoms with van der Waals surface area (Å²) in [7, 11) is -3.68. The Labute approximate surface area is 135 Å². The number of ether oxygens (including phenoxy) is 1. The largest absolute Gasteiger partial charge is 0.491 e. The molecule has 3 rings (SSSR count). The number of anilines is 1. The molecule has 0 bridgehead atoms. The van der Waals surface area contributed by atoms with Gasteiger partial charge in [-0.3, -0.25) is 4.72 Å². The molecule has 2 aromatic rings. The van der Waals surface area contributed by atoms with E-state index in [9.17, 15) is 13.5 Å². The Morgan fingerprint density at radius 2 is 1.91 bits per heavy atom. The zero-order chi connectivity index (χ0) is 16.3. The van der Waals surface area contributed by atoms with Gasteiger partial charge in [-0.1, -0.05) is 42.5 Å². The Hall–Kier alpha value is -2.31. The number of hydrogen-bond donors (Lipinski definition) is 2. The predicted molar refractivity (Wildman–Crippen MR) is 89.5 cm³/mol. The lowest BCUT2D eigenvalue weighted by atomic mass is 10.0. The van der Waals surface area contributed by atoms with Crippen LogP contribution in [0.15, 0.2) is 53.9 Å². The molecule has 1 aliphatic heterocycles. The second kappa shape index (κ2) is 6.44. The molecule has 23 heavy (non-hydrogen) atoms. The lowest BCUT2D eigenvalue weighted by Crippen LogP contribution is -2.17. The molecule has 0 saturated carbocycles. The van der Waals surface area contributed by atoms with E-state index in [1.807, 2.05) is 30.3 Å². The van der Waals surface area contributed by atoms with Gasteiger partial charge in [-0.15, -0.1) is 0 Å². The van der Waals surface area contributed by atoms with Crippen molar-refractivity contribution < 1.29 is 18.3 Å². The van der Waals surface area contributed by atoms with Gasteiger partial charge < -0.3 is 9.84 Å². The van der Waals surface area contributed by atoms with E-state index in [4.69, 9.17) is 4.74 Å². The first-order valence-corrected chi connectivity index (χ1v) is 8.79. The number of nitrogens with one attached hydrogen (secondary N) is 1. The molecule has 0 saturated heterocycles. The first-order valence-electron chi connectivity index (χ1n) is 7.25. The lowest BCUT2D eigenvalue weighted by Gasteiger charge is -2.24. The van der Waals surface area contributed by atoms with Crippen LogP contribution in [0.1, 0.15) is 23.7 Å². The molecule has 1 unspecified atom stereocenters. The fraction of sp³-hybridized carbons (Fsp3) is 0.176. The fourth-order valence-electron chi connectivity index (χ4n) is 2.41. The van der Waals surface area contributed by atoms with Crippen LogP contribution in [0, 0.1) is 0 Å². The molecule has 0 amide bonds. The lowest BCUT2D eigenvalue weighted by molar-refractivity contribution is 0.116. The predicted octanol–water partition coefficient (Wildman–Crippen LogP) is 2.92. The highest BCUT2D eigenvalue weighted by Crippen LogP contribution is 2.38. The third-order valence-electron chi connectivity index (χ3n) is 3.53. The zero-order valence-corrected chi connectivity index (χ0v) is 13.2. The molecule has 2 aromatic carbocycles. The summed E-state index contributed by atoms with van der Waals surface area (Å²) < 4.78 is 32.5. The average molecular weight is 331 g/mol. The Morgan fingerprint density at radius 3 is 2.70 bits per heavy atom. The van der Waals surface area contributed by atoms with Gasteiger partial charge in [-0.05, 0) is 17.7 Å². The number of rotatable bonds is 4. The van der Waals surface area contributed by atoms with Crippen molar-refractivity contribution in [2.75, 3.05) is 11.3 Å². The van der Waals surface area contributed by atoms with Crippen LogP contribution in [-0.2, 0) is 10.0 Å². The number of fused-ring (bicyclic) bond motifs is 1. The second-order valence-electron chi connectivity index (χ2n) is 5.24. The molecule has 6 heteroatoms. The minimum atomic E-state index is -3.68. The number of sulfonamides is 1. The summed E-state index contributed by atoms with van der Waals surface area (Å²) in [5, 5.41) is 11.1. The van der Waals surface area contributed by atoms with E-state index in [0.717, 1.165) is 11.0 Å². The van der Waals surface area contributed by atoms with Crippen LogP contribution >= 0.6 is 0 Å². The number of para-hydroxylation sites is 1. The van der Waals surface area contributed by atoms with Gasteiger partial charge in [0.1, 0.15) is 5.75 Å². The molecular formula is C17H17NO4S. The minimum Gasteiger partial charge on any atom is -0.491 e. The van der Waals surface area contributed by atoms with Crippen molar-refractivity contribution in [2.45, 2.75) is 12.5 Å². The summed E-state index contributed by atoms with van der Waals surface area (Å²) in [6.07, 6.45) is 1.38. The van der Waals surface area contributed by atoms with E-state index in [1.54, 1.807) is 18.2 Å². The molecule has 2 N–H and O–H groups in total. The third-order valence-corrected chi connectivity index (χ3v) is 4.53. The Morgan fingerprint density at radius 1 is 1.13 bits per heavy atom. The van der Waals surface area contributed by atoms with E-state index in [0.29, 0.717) is 30.0 Å². The van der Waals surface area contributed by atoms with Gasteiger partial charge in [0, 0.05) is 12.0 Å². The molecule has 0 radical (unpaired) electrons. The van der Waals surface area contributed by atoms with Gasteiger partial charge in [-0.25, -0.2) is 8.42 Å². The number of aliphatic hydroxyl groups excluding tert-OH is 1. The van der Waals surface area contributed by atoms with Crippen LogP contribution in [0.4, 0.5) is 5.69 Å². The van der Waals surface area contributed by atoms with Crippen LogP contribution in [0.5, 0.6) is 5.75 Å². The Balaban J connectivity index is 1.84. The molecule has 0 fully saturated rings. The molecule has 0 spiro atoms. The smallest absolute Gasteiger partial charge is 0.255 e. The maximum absolute atomic E-state index is 12.2. The van der Waals surface area contributed by atoms with Crippen molar-refractivity contribution in [3.63, 3.8) is 0 Å². The topological polar surface area (TPSA) is 75.6 Å². The number of aliphatic hydroxyl groups is 1. The quantitative estimate of drug-likeness (QED) is 0.903. The fourth-order valence-corrected chi connectivity index (χ4v) is 3.28. The first kappa shape index (κ1) is 15.6. The molecule has 1 aliphatic rings. The second-order valence-corrected chi connectivity index (χ2v) is 6.80. The van der Waals surface area contributed by atoms with E-state index in [-0.39, 0.29) is 0 Å². The third kappa shape index (κ3) is 3.72. The Kier molecular flexibility index (Phi) is 4.36. The van der Waals surface area contributed by atoms with Crippen molar-refractivity contribution in [3.8, 4) is 5.75 Å². The van der Waals surface area contributed by atoms with Crippen molar-refractivity contribution in [1.82, 2.24) is 0 Å². The Bertz CT molecular complexity index is 816. The van der Waals surface area contributed by atoms with Gasteiger partial charge in [0.05, 0.1) is 23.8 Å². The van der Waals surface area contributed by atoms with E-state index >= 15 is 0 Å². The summed E-state index contributed by atoms with van der Waals surface area (Å²) in [5.74, 6) is 0.392. The van der Waals surface area contributed by atoms with Crippen LogP contribution in [-0.4, -0.2) is 20.1 Å². The molecule has 1 atom stereocenters. The highest BCUT2D eigenvalue weighted by Gasteiger charge is 2.23. The zero-order valence-electron chi connectivity index (χ0n) is 12.3. The highest BCUT2D eigenvalue weighted by atomic mass is 32.2. The summed E-state index contributed by atoms with van der Waals surface area (Å²) in [6, 6.07) is 14.2. The van der Waals surface area contributed by atoms with Gasteiger partial charge >= 0.3 is 0 Å². The van der Waals surface area contributed by atoms with Gasteiger partial charge in [0.25, 0.3) is 10.0 Å². The molecule has 120 valence electrons. The van der Waals surface area contributed by atoms with Crippen LogP contribution < -0.4 is 9.46 Å². The molecule has 0 aromatic heterocycles. The van der Waals surface area contributed by atoms with E-state index in [2.05, 4.69) is 4.72 Å². The van der Waals surface area contributed by atoms with E-state index in [1.165, 1.54) is 6.08 Å². The van der Waals surface area contributed by atoms with Crippen LogP contribution in [0.2, 0.25) is 0 Å². The van der Waals surface area contributed by atoms with Gasteiger partial charge in [0.15, 0.2) is 0 Å². The van der Waals surface area contributed by atoms with Gasteiger partial charge in [-0.2, -0.15) is 0 Å². The SMILES string of the molecule is O=S(=O)(/C=C/c1ccccc1)Nc1cccc2c1OCCC2O. The van der Waals surface area contributed by atoms with Crippen LogP contribution in [0.3, 0.4) is 0 Å². The maximum Gasteiger partial charge on any atom is 0.255 e. The van der Waals surface area contributed by atoms with Crippen molar-refractivity contribution >= 4 is 21.8 Å². The van der Waals surface area contributed by atoms with Crippen LogP contribution in [0.25, 0.3) is 6.08 Å². The monoisotopic (exact) mass is 331 g/mol. The van der Waals surface area contributed by atoms with Crippen molar-refractivity contribution in [3.05, 3.63) is 65.1 Å². The van der Waals surface area contributed by atoms with E-state index < -0.39 is 16.1 Å². The first-order chi connectivity index (χ1) is 11.1. The summed E-state index contributed by atoms with van der Waals surface area (Å²) in [4.78, 5) is 0. The molecule has 0 aliphatic carbocycles.